The molecule has 9 heteroatoms. The molecular weight excluding hydrogens is 452 g/mol. The van der Waals surface area contributed by atoms with Gasteiger partial charge in [0.05, 0.1) is 18.1 Å². The van der Waals surface area contributed by atoms with Crippen molar-refractivity contribution in [2.75, 3.05) is 6.54 Å². The van der Waals surface area contributed by atoms with Crippen LogP contribution < -0.4 is 5.32 Å². The molecule has 160 valence electrons. The van der Waals surface area contributed by atoms with E-state index in [1.165, 1.54) is 16.6 Å². The molecule has 1 unspecified atom stereocenters. The summed E-state index contributed by atoms with van der Waals surface area (Å²) in [7, 11) is 0. The van der Waals surface area contributed by atoms with Crippen LogP contribution >= 0.6 is 34.7 Å². The smallest absolute Gasteiger partial charge is 0.233 e. The summed E-state index contributed by atoms with van der Waals surface area (Å²) in [6, 6.07) is 15.3. The Morgan fingerprint density at radius 1 is 1.23 bits per heavy atom. The normalized spacial score (nSPS) is 12.1. The first-order chi connectivity index (χ1) is 15.1. The maximum Gasteiger partial charge on any atom is 0.233 e. The number of carbonyl (C=O) groups excluding carboxylic acids is 1. The van der Waals surface area contributed by atoms with Gasteiger partial charge in [-0.2, -0.15) is 0 Å². The molecule has 0 saturated carbocycles. The number of rotatable bonds is 9. The van der Waals surface area contributed by atoms with Crippen LogP contribution in [-0.2, 0) is 17.8 Å². The molecule has 1 N–H and O–H groups in total. The van der Waals surface area contributed by atoms with Crippen LogP contribution in [0.4, 0.5) is 0 Å². The first-order valence-electron chi connectivity index (χ1n) is 9.78. The van der Waals surface area contributed by atoms with Crippen LogP contribution in [0.3, 0.4) is 0 Å². The van der Waals surface area contributed by atoms with Gasteiger partial charge >= 0.3 is 0 Å². The van der Waals surface area contributed by atoms with Crippen molar-refractivity contribution in [3.63, 3.8) is 0 Å². The minimum atomic E-state index is -0.319. The predicted octanol–water partition coefficient (Wildman–Crippen LogP) is 5.14. The van der Waals surface area contributed by atoms with Gasteiger partial charge in [0.2, 0.25) is 5.91 Å². The molecule has 0 spiro atoms. The highest BCUT2D eigenvalue weighted by Gasteiger charge is 2.21. The lowest BCUT2D eigenvalue weighted by molar-refractivity contribution is -0.120. The fourth-order valence-corrected chi connectivity index (χ4v) is 4.72. The summed E-state index contributed by atoms with van der Waals surface area (Å²) in [4.78, 5) is 13.9. The van der Waals surface area contributed by atoms with Gasteiger partial charge in [0.25, 0.3) is 0 Å². The summed E-state index contributed by atoms with van der Waals surface area (Å²) in [5.74, 6) is 1.45. The van der Waals surface area contributed by atoms with E-state index in [0.29, 0.717) is 29.1 Å². The topological polar surface area (TPSA) is 73.0 Å². The van der Waals surface area contributed by atoms with E-state index in [-0.39, 0.29) is 11.2 Å². The van der Waals surface area contributed by atoms with Crippen molar-refractivity contribution in [3.05, 3.63) is 75.8 Å². The molecule has 31 heavy (non-hydrogen) atoms. The van der Waals surface area contributed by atoms with E-state index in [2.05, 4.69) is 21.6 Å². The molecule has 0 aliphatic carbocycles. The van der Waals surface area contributed by atoms with Crippen LogP contribution in [0.2, 0.25) is 5.02 Å². The fourth-order valence-electron chi connectivity index (χ4n) is 3.01. The van der Waals surface area contributed by atoms with E-state index in [9.17, 15) is 4.79 Å². The zero-order chi connectivity index (χ0) is 21.6. The molecule has 6 nitrogen and oxygen atoms in total. The van der Waals surface area contributed by atoms with E-state index in [0.717, 1.165) is 17.7 Å². The molecule has 3 heterocycles. The van der Waals surface area contributed by atoms with E-state index in [4.69, 9.17) is 16.0 Å². The maximum atomic E-state index is 12.6. The lowest BCUT2D eigenvalue weighted by Crippen LogP contribution is -2.32. The zero-order valence-corrected chi connectivity index (χ0v) is 19.2. The average Bonchev–Trinajstić information content (AvgIpc) is 3.53. The lowest BCUT2D eigenvalue weighted by Gasteiger charge is -2.13. The number of nitrogens with one attached hydrogen (secondary N) is 1. The number of thioether (sulfide) groups is 1. The molecule has 0 saturated heterocycles. The van der Waals surface area contributed by atoms with Crippen molar-refractivity contribution in [1.82, 2.24) is 20.1 Å². The monoisotopic (exact) mass is 472 g/mol. The molecule has 0 aliphatic heterocycles. The number of nitrogens with zero attached hydrogens (tertiary/aromatic N) is 3. The summed E-state index contributed by atoms with van der Waals surface area (Å²) in [5, 5.41) is 14.8. The van der Waals surface area contributed by atoms with E-state index in [1.54, 1.807) is 17.6 Å². The Balaban J connectivity index is 1.48. The van der Waals surface area contributed by atoms with Gasteiger partial charge in [-0.15, -0.1) is 21.5 Å². The molecule has 4 aromatic rings. The Morgan fingerprint density at radius 3 is 2.77 bits per heavy atom. The molecule has 3 aromatic heterocycles. The molecule has 0 radical (unpaired) electrons. The van der Waals surface area contributed by atoms with Gasteiger partial charge in [0.15, 0.2) is 11.0 Å². The summed E-state index contributed by atoms with van der Waals surface area (Å²) in [6.07, 6.45) is 2.47. The van der Waals surface area contributed by atoms with Crippen molar-refractivity contribution in [3.8, 4) is 11.4 Å². The van der Waals surface area contributed by atoms with E-state index >= 15 is 0 Å². The summed E-state index contributed by atoms with van der Waals surface area (Å²) >= 11 is 9.11. The minimum Gasteiger partial charge on any atom is -0.467 e. The number of hydrogen-bond acceptors (Lipinski definition) is 6. The van der Waals surface area contributed by atoms with Crippen LogP contribution in [0.25, 0.3) is 11.4 Å². The quantitative estimate of drug-likeness (QED) is 0.341. The van der Waals surface area contributed by atoms with Gasteiger partial charge in [-0.05, 0) is 61.2 Å². The fraction of sp³-hybridized carbons (Fsp3) is 0.227. The van der Waals surface area contributed by atoms with Gasteiger partial charge in [0.1, 0.15) is 5.76 Å². The van der Waals surface area contributed by atoms with Gasteiger partial charge in [-0.3, -0.25) is 9.36 Å². The van der Waals surface area contributed by atoms with Crippen molar-refractivity contribution in [1.29, 1.82) is 0 Å². The molecule has 1 atom stereocenters. The second kappa shape index (κ2) is 10.2. The molecule has 0 bridgehead atoms. The second-order valence-electron chi connectivity index (χ2n) is 6.86. The SMILES string of the molecule is CC(Sc1nnc(-c2ccc(Cl)cc2)n1Cc1ccco1)C(=O)NCCc1cccs1. The number of aromatic nitrogens is 3. The van der Waals surface area contributed by atoms with Crippen LogP contribution in [0, 0.1) is 0 Å². The van der Waals surface area contributed by atoms with Crippen molar-refractivity contribution in [2.45, 2.75) is 30.3 Å². The minimum absolute atomic E-state index is 0.0258. The Kier molecular flexibility index (Phi) is 7.11. The highest BCUT2D eigenvalue weighted by molar-refractivity contribution is 8.00. The van der Waals surface area contributed by atoms with Crippen molar-refractivity contribution < 1.29 is 9.21 Å². The molecule has 0 fully saturated rings. The van der Waals surface area contributed by atoms with Gasteiger partial charge in [0, 0.05) is 22.0 Å². The first kappa shape index (κ1) is 21.7. The predicted molar refractivity (Wildman–Crippen MR) is 125 cm³/mol. The third-order valence-corrected chi connectivity index (χ3v) is 6.88. The van der Waals surface area contributed by atoms with Crippen LogP contribution in [0.15, 0.2) is 69.7 Å². The number of furan rings is 1. The van der Waals surface area contributed by atoms with Crippen LogP contribution in [-0.4, -0.2) is 32.5 Å². The third kappa shape index (κ3) is 5.58. The van der Waals surface area contributed by atoms with Crippen LogP contribution in [0.1, 0.15) is 17.6 Å². The number of carbonyl (C=O) groups is 1. The Bertz CT molecular complexity index is 1110. The first-order valence-corrected chi connectivity index (χ1v) is 11.9. The Hall–Kier alpha value is -2.55. The average molecular weight is 473 g/mol. The second-order valence-corrected chi connectivity index (χ2v) is 9.64. The van der Waals surface area contributed by atoms with Crippen molar-refractivity contribution in [2.24, 2.45) is 0 Å². The zero-order valence-electron chi connectivity index (χ0n) is 16.8. The summed E-state index contributed by atoms with van der Waals surface area (Å²) in [6.45, 7) is 2.95. The van der Waals surface area contributed by atoms with Gasteiger partial charge in [-0.1, -0.05) is 29.4 Å². The molecule has 0 aliphatic rings. The number of thiophene rings is 1. The maximum absolute atomic E-state index is 12.6. The highest BCUT2D eigenvalue weighted by atomic mass is 35.5. The molecule has 1 amide bonds. The molecular formula is C22H21ClN4O2S2. The Labute approximate surface area is 193 Å². The highest BCUT2D eigenvalue weighted by Crippen LogP contribution is 2.28. The van der Waals surface area contributed by atoms with Crippen molar-refractivity contribution >= 4 is 40.6 Å². The lowest BCUT2D eigenvalue weighted by atomic mass is 10.2. The van der Waals surface area contributed by atoms with E-state index < -0.39 is 0 Å². The molecule has 1 aromatic carbocycles. The van der Waals surface area contributed by atoms with E-state index in [1.807, 2.05) is 59.3 Å². The molecule has 4 rings (SSSR count). The number of halogens is 1. The summed E-state index contributed by atoms with van der Waals surface area (Å²) < 4.78 is 7.49. The standard InChI is InChI=1S/C22H21ClN4O2S2/c1-15(21(28)24-11-10-19-5-3-13-30-19)31-22-26-25-20(16-6-8-17(23)9-7-16)27(22)14-18-4-2-12-29-18/h2-9,12-13,15H,10-11,14H2,1H3,(H,24,28). The van der Waals surface area contributed by atoms with Crippen LogP contribution in [0.5, 0.6) is 0 Å². The van der Waals surface area contributed by atoms with Gasteiger partial charge in [-0.25, -0.2) is 0 Å². The number of amides is 1. The number of benzene rings is 1. The van der Waals surface area contributed by atoms with Gasteiger partial charge < -0.3 is 9.73 Å². The Morgan fingerprint density at radius 2 is 2.06 bits per heavy atom. The summed E-state index contributed by atoms with van der Waals surface area (Å²) in [5.41, 5.74) is 0.892. The number of hydrogen-bond donors (Lipinski definition) is 1. The largest absolute Gasteiger partial charge is 0.467 e. The third-order valence-electron chi connectivity index (χ3n) is 4.62.